The van der Waals surface area contributed by atoms with Gasteiger partial charge < -0.3 is 0 Å². The number of hydrogen-bond acceptors (Lipinski definition) is 0. The molecular weight excluding hydrogens is 297 g/mol. The van der Waals surface area contributed by atoms with Crippen LogP contribution in [-0.2, 0) is 0 Å². The summed E-state index contributed by atoms with van der Waals surface area (Å²) in [4.78, 5) is 0. The summed E-state index contributed by atoms with van der Waals surface area (Å²) in [5, 5.41) is 0. The lowest BCUT2D eigenvalue weighted by atomic mass is 9.44. The third-order valence-corrected chi connectivity index (χ3v) is 8.51. The van der Waals surface area contributed by atoms with Crippen LogP contribution in [-0.4, -0.2) is 6.18 Å². The molecule has 3 saturated carbocycles. The summed E-state index contributed by atoms with van der Waals surface area (Å²) < 4.78 is 41.5. The predicted octanol–water partition coefficient (Wildman–Crippen LogP) is 6.37. The van der Waals surface area contributed by atoms with Crippen molar-refractivity contribution in [3.63, 3.8) is 0 Å². The molecule has 7 atom stereocenters. The molecule has 4 rings (SSSR count). The molecule has 0 nitrogen and oxygen atoms in total. The van der Waals surface area contributed by atoms with Crippen LogP contribution in [0, 0.1) is 40.4 Å². The molecule has 4 aliphatic rings. The van der Waals surface area contributed by atoms with Crippen LogP contribution in [0.25, 0.3) is 0 Å². The lowest BCUT2D eigenvalue weighted by molar-refractivity contribution is -0.240. The molecule has 0 aliphatic heterocycles. The largest absolute Gasteiger partial charge is 0.392 e. The molecule has 0 saturated heterocycles. The quantitative estimate of drug-likeness (QED) is 0.453. The first-order valence-corrected chi connectivity index (χ1v) is 9.50. The Labute approximate surface area is 137 Å². The summed E-state index contributed by atoms with van der Waals surface area (Å²) in [5.74, 6) is 0.486. The minimum atomic E-state index is -4.06. The van der Waals surface area contributed by atoms with Gasteiger partial charge >= 0.3 is 6.18 Å². The van der Waals surface area contributed by atoms with Crippen molar-refractivity contribution in [2.24, 2.45) is 40.4 Å². The van der Waals surface area contributed by atoms with E-state index in [0.29, 0.717) is 17.3 Å². The van der Waals surface area contributed by atoms with Gasteiger partial charge in [0.05, 0.1) is 5.92 Å². The molecule has 23 heavy (non-hydrogen) atoms. The molecule has 0 spiro atoms. The molecule has 4 aliphatic carbocycles. The summed E-state index contributed by atoms with van der Waals surface area (Å²) in [5.41, 5.74) is -0.150. The summed E-state index contributed by atoms with van der Waals surface area (Å²) >= 11 is 0. The summed E-state index contributed by atoms with van der Waals surface area (Å²) in [7, 11) is 0. The van der Waals surface area contributed by atoms with Crippen molar-refractivity contribution < 1.29 is 13.2 Å². The number of hydrogen-bond donors (Lipinski definition) is 0. The highest BCUT2D eigenvalue weighted by atomic mass is 19.4. The Morgan fingerprint density at radius 1 is 0.957 bits per heavy atom. The number of halogens is 3. The van der Waals surface area contributed by atoms with E-state index in [9.17, 15) is 13.2 Å². The maximum Gasteiger partial charge on any atom is 0.392 e. The fourth-order valence-corrected chi connectivity index (χ4v) is 7.35. The second-order valence-electron chi connectivity index (χ2n) is 9.27. The van der Waals surface area contributed by atoms with Gasteiger partial charge in [-0.05, 0) is 79.4 Å². The first-order chi connectivity index (χ1) is 10.8. The third kappa shape index (κ3) is 2.17. The molecule has 0 aromatic heterocycles. The van der Waals surface area contributed by atoms with Gasteiger partial charge in [0.2, 0.25) is 0 Å². The van der Waals surface area contributed by atoms with Crippen LogP contribution in [0.4, 0.5) is 13.2 Å². The van der Waals surface area contributed by atoms with E-state index in [4.69, 9.17) is 0 Å². The van der Waals surface area contributed by atoms with Crippen LogP contribution in [0.3, 0.4) is 0 Å². The Balaban J connectivity index is 1.72. The fourth-order valence-electron chi connectivity index (χ4n) is 7.35. The van der Waals surface area contributed by atoms with Gasteiger partial charge in [-0.2, -0.15) is 13.2 Å². The van der Waals surface area contributed by atoms with Gasteiger partial charge in [0.15, 0.2) is 0 Å². The summed E-state index contributed by atoms with van der Waals surface area (Å²) in [6, 6.07) is 0. The van der Waals surface area contributed by atoms with Gasteiger partial charge in [-0.15, -0.1) is 0 Å². The summed E-state index contributed by atoms with van der Waals surface area (Å²) in [6.45, 7) is 4.41. The minimum Gasteiger partial charge on any atom is -0.171 e. The predicted molar refractivity (Wildman–Crippen MR) is 85.8 cm³/mol. The van der Waals surface area contributed by atoms with Crippen molar-refractivity contribution in [1.82, 2.24) is 0 Å². The maximum absolute atomic E-state index is 13.8. The Morgan fingerprint density at radius 3 is 2.48 bits per heavy atom. The third-order valence-electron chi connectivity index (χ3n) is 8.51. The molecule has 0 aromatic carbocycles. The summed E-state index contributed by atoms with van der Waals surface area (Å²) in [6.07, 6.45) is 8.20. The second kappa shape index (κ2) is 5.02. The average Bonchev–Trinajstić information content (AvgIpc) is 2.86. The molecule has 3 fully saturated rings. The number of alkyl halides is 3. The van der Waals surface area contributed by atoms with Crippen LogP contribution < -0.4 is 0 Å². The molecule has 0 N–H and O–H groups in total. The monoisotopic (exact) mass is 326 g/mol. The average molecular weight is 326 g/mol. The molecule has 0 radical (unpaired) electrons. The fraction of sp³-hybridized carbons (Fsp3) is 0.900. The van der Waals surface area contributed by atoms with E-state index < -0.39 is 17.5 Å². The van der Waals surface area contributed by atoms with Gasteiger partial charge in [-0.25, -0.2) is 0 Å². The minimum absolute atomic E-state index is 0.134. The Kier molecular flexibility index (Phi) is 3.50. The smallest absolute Gasteiger partial charge is 0.171 e. The van der Waals surface area contributed by atoms with E-state index >= 15 is 0 Å². The standard InChI is InChI=1S/C20H29F3/c1-18-11-4-6-15(18)14-9-8-13-5-3-7-17(20(21,22)23)19(13,2)16(14)10-12-18/h3,5,13-17H,4,6-12H2,1-2H3/t13?,14-,15-,16-,17?,18-,19-/m0/s1. The molecule has 0 aromatic rings. The molecule has 2 unspecified atom stereocenters. The topological polar surface area (TPSA) is 0 Å². The van der Waals surface area contributed by atoms with Crippen molar-refractivity contribution in [3.05, 3.63) is 12.2 Å². The van der Waals surface area contributed by atoms with Gasteiger partial charge in [-0.1, -0.05) is 32.4 Å². The van der Waals surface area contributed by atoms with Crippen molar-refractivity contribution in [3.8, 4) is 0 Å². The van der Waals surface area contributed by atoms with Crippen LogP contribution in [0.2, 0.25) is 0 Å². The van der Waals surface area contributed by atoms with E-state index in [1.165, 1.54) is 19.3 Å². The number of rotatable bonds is 0. The van der Waals surface area contributed by atoms with Crippen molar-refractivity contribution >= 4 is 0 Å². The Hall–Kier alpha value is -0.470. The van der Waals surface area contributed by atoms with Crippen LogP contribution in [0.1, 0.15) is 65.2 Å². The van der Waals surface area contributed by atoms with Crippen molar-refractivity contribution in [2.45, 2.75) is 71.4 Å². The van der Waals surface area contributed by atoms with Gasteiger partial charge in [0, 0.05) is 0 Å². The van der Waals surface area contributed by atoms with Crippen LogP contribution in [0.5, 0.6) is 0 Å². The van der Waals surface area contributed by atoms with E-state index in [0.717, 1.165) is 25.7 Å². The molecule has 0 amide bonds. The van der Waals surface area contributed by atoms with Gasteiger partial charge in [0.1, 0.15) is 0 Å². The zero-order valence-electron chi connectivity index (χ0n) is 14.3. The maximum atomic E-state index is 13.8. The SMILES string of the molecule is C[C@@]12CCC[C@H]1[C@@H]1CCC3C=CCC(C(F)(F)F)[C@]3(C)[C@H]1CC2. The molecule has 0 heterocycles. The number of allylic oxidation sites excluding steroid dienone is 2. The van der Waals surface area contributed by atoms with E-state index in [-0.39, 0.29) is 18.3 Å². The highest BCUT2D eigenvalue weighted by Gasteiger charge is 2.63. The zero-order valence-corrected chi connectivity index (χ0v) is 14.3. The normalized spacial score (nSPS) is 52.7. The lowest BCUT2D eigenvalue weighted by Gasteiger charge is -2.61. The molecule has 0 bridgehead atoms. The van der Waals surface area contributed by atoms with Crippen LogP contribution >= 0.6 is 0 Å². The highest BCUT2D eigenvalue weighted by molar-refractivity contribution is 5.15. The highest BCUT2D eigenvalue weighted by Crippen LogP contribution is 2.68. The van der Waals surface area contributed by atoms with Crippen molar-refractivity contribution in [2.75, 3.05) is 0 Å². The number of fused-ring (bicyclic) bond motifs is 5. The Bertz CT molecular complexity index is 508. The van der Waals surface area contributed by atoms with E-state index in [1.807, 2.05) is 13.0 Å². The first kappa shape index (κ1) is 16.0. The van der Waals surface area contributed by atoms with Crippen molar-refractivity contribution in [1.29, 1.82) is 0 Å². The van der Waals surface area contributed by atoms with E-state index in [1.54, 1.807) is 0 Å². The van der Waals surface area contributed by atoms with Gasteiger partial charge in [-0.3, -0.25) is 0 Å². The van der Waals surface area contributed by atoms with Gasteiger partial charge in [0.25, 0.3) is 0 Å². The van der Waals surface area contributed by atoms with Crippen LogP contribution in [0.15, 0.2) is 12.2 Å². The zero-order chi connectivity index (χ0) is 16.5. The molecule has 130 valence electrons. The molecular formula is C20H29F3. The first-order valence-electron chi connectivity index (χ1n) is 9.50. The molecule has 3 heteroatoms. The second-order valence-corrected chi connectivity index (χ2v) is 9.27. The Morgan fingerprint density at radius 2 is 1.74 bits per heavy atom. The lowest BCUT2D eigenvalue weighted by Crippen LogP contribution is -2.57. The van der Waals surface area contributed by atoms with E-state index in [2.05, 4.69) is 13.0 Å².